The zero-order chi connectivity index (χ0) is 16.4. The number of carbonyl (C=O) groups excluding carboxylic acids is 3. The monoisotopic (exact) mass is 309 g/mol. The van der Waals surface area contributed by atoms with E-state index in [1.54, 1.807) is 18.2 Å². The first-order valence-corrected chi connectivity index (χ1v) is 7.12. The molecule has 6 nitrogen and oxygen atoms in total. The van der Waals surface area contributed by atoms with Gasteiger partial charge in [-0.3, -0.25) is 14.5 Å². The van der Waals surface area contributed by atoms with Gasteiger partial charge < -0.3 is 10.6 Å². The third-order valence-corrected chi connectivity index (χ3v) is 3.66. The number of hydrogen-bond acceptors (Lipinski definition) is 3. The fraction of sp³-hybridized carbons (Fsp3) is 0.118. The molecule has 0 fully saturated rings. The van der Waals surface area contributed by atoms with Crippen LogP contribution in [0, 0.1) is 0 Å². The molecule has 1 heterocycles. The average Bonchev–Trinajstić information content (AvgIpc) is 2.79. The van der Waals surface area contributed by atoms with Crippen molar-refractivity contribution in [2.75, 3.05) is 12.4 Å². The van der Waals surface area contributed by atoms with Gasteiger partial charge in [0.2, 0.25) is 0 Å². The van der Waals surface area contributed by atoms with E-state index in [1.807, 2.05) is 30.3 Å². The summed E-state index contributed by atoms with van der Waals surface area (Å²) in [5, 5.41) is 5.35. The Bertz CT molecular complexity index is 787. The first-order valence-electron chi connectivity index (χ1n) is 7.12. The maximum Gasteiger partial charge on any atom is 0.319 e. The summed E-state index contributed by atoms with van der Waals surface area (Å²) < 4.78 is 0. The second kappa shape index (κ2) is 5.92. The van der Waals surface area contributed by atoms with Gasteiger partial charge in [-0.15, -0.1) is 0 Å². The molecule has 0 saturated carbocycles. The van der Waals surface area contributed by atoms with Crippen molar-refractivity contribution >= 4 is 23.5 Å². The SMILES string of the molecule is CN1C(=O)c2cccc(NC(=O)NCc3ccccc3)c2C1=O. The number of hydrogen-bond donors (Lipinski definition) is 2. The Morgan fingerprint density at radius 1 is 1.00 bits per heavy atom. The van der Waals surface area contributed by atoms with Crippen LogP contribution in [0.3, 0.4) is 0 Å². The van der Waals surface area contributed by atoms with Crippen LogP contribution < -0.4 is 10.6 Å². The lowest BCUT2D eigenvalue weighted by Gasteiger charge is -2.10. The molecule has 0 radical (unpaired) electrons. The van der Waals surface area contributed by atoms with Gasteiger partial charge in [0.25, 0.3) is 11.8 Å². The van der Waals surface area contributed by atoms with E-state index in [4.69, 9.17) is 0 Å². The number of nitrogens with zero attached hydrogens (tertiary/aromatic N) is 1. The van der Waals surface area contributed by atoms with E-state index in [0.717, 1.165) is 10.5 Å². The average molecular weight is 309 g/mol. The molecule has 3 rings (SSSR count). The molecule has 0 aliphatic carbocycles. The van der Waals surface area contributed by atoms with Gasteiger partial charge in [0.1, 0.15) is 0 Å². The van der Waals surface area contributed by atoms with Crippen LogP contribution in [-0.2, 0) is 6.54 Å². The van der Waals surface area contributed by atoms with Gasteiger partial charge in [0, 0.05) is 13.6 Å². The smallest absolute Gasteiger partial charge is 0.319 e. The van der Waals surface area contributed by atoms with Gasteiger partial charge in [-0.05, 0) is 17.7 Å². The van der Waals surface area contributed by atoms with Crippen molar-refractivity contribution < 1.29 is 14.4 Å². The Morgan fingerprint density at radius 3 is 2.48 bits per heavy atom. The number of benzene rings is 2. The van der Waals surface area contributed by atoms with Crippen LogP contribution in [0.2, 0.25) is 0 Å². The molecule has 0 atom stereocenters. The second-order valence-electron chi connectivity index (χ2n) is 5.19. The number of imide groups is 1. The summed E-state index contributed by atoms with van der Waals surface area (Å²) in [5.41, 5.74) is 1.83. The predicted octanol–water partition coefficient (Wildman–Crippen LogP) is 2.23. The molecule has 1 aliphatic rings. The lowest BCUT2D eigenvalue weighted by Crippen LogP contribution is -2.29. The van der Waals surface area contributed by atoms with Crippen molar-refractivity contribution in [1.82, 2.24) is 10.2 Å². The van der Waals surface area contributed by atoms with Crippen molar-refractivity contribution in [3.63, 3.8) is 0 Å². The third kappa shape index (κ3) is 2.78. The number of anilines is 1. The zero-order valence-electron chi connectivity index (χ0n) is 12.5. The number of fused-ring (bicyclic) bond motifs is 1. The van der Waals surface area contributed by atoms with E-state index < -0.39 is 11.9 Å². The third-order valence-electron chi connectivity index (χ3n) is 3.66. The number of nitrogens with one attached hydrogen (secondary N) is 2. The van der Waals surface area contributed by atoms with E-state index in [1.165, 1.54) is 7.05 Å². The van der Waals surface area contributed by atoms with Gasteiger partial charge in [-0.25, -0.2) is 4.79 Å². The molecule has 0 bridgehead atoms. The molecule has 2 aromatic carbocycles. The van der Waals surface area contributed by atoms with E-state index in [2.05, 4.69) is 10.6 Å². The first kappa shape index (κ1) is 14.8. The van der Waals surface area contributed by atoms with Crippen molar-refractivity contribution in [2.24, 2.45) is 0 Å². The molecule has 0 unspecified atom stereocenters. The van der Waals surface area contributed by atoms with Gasteiger partial charge in [0.15, 0.2) is 0 Å². The Hall–Kier alpha value is -3.15. The number of rotatable bonds is 3. The van der Waals surface area contributed by atoms with Gasteiger partial charge in [-0.1, -0.05) is 36.4 Å². The van der Waals surface area contributed by atoms with Gasteiger partial charge in [-0.2, -0.15) is 0 Å². The Morgan fingerprint density at radius 2 is 1.74 bits per heavy atom. The summed E-state index contributed by atoms with van der Waals surface area (Å²) in [4.78, 5) is 37.1. The molecule has 0 spiro atoms. The fourth-order valence-corrected chi connectivity index (χ4v) is 2.45. The van der Waals surface area contributed by atoms with Crippen molar-refractivity contribution in [3.8, 4) is 0 Å². The molecule has 23 heavy (non-hydrogen) atoms. The second-order valence-corrected chi connectivity index (χ2v) is 5.19. The number of carbonyl (C=O) groups is 3. The highest BCUT2D eigenvalue weighted by molar-refractivity contribution is 6.24. The van der Waals surface area contributed by atoms with Crippen molar-refractivity contribution in [3.05, 3.63) is 65.2 Å². The Balaban J connectivity index is 1.73. The summed E-state index contributed by atoms with van der Waals surface area (Å²) in [6.07, 6.45) is 0. The normalized spacial score (nSPS) is 13.0. The molecule has 2 N–H and O–H groups in total. The highest BCUT2D eigenvalue weighted by atomic mass is 16.2. The first-order chi connectivity index (χ1) is 11.1. The van der Waals surface area contributed by atoms with Crippen LogP contribution in [0.1, 0.15) is 26.3 Å². The Labute approximate surface area is 133 Å². The van der Waals surface area contributed by atoms with E-state index in [0.29, 0.717) is 17.8 Å². The fourth-order valence-electron chi connectivity index (χ4n) is 2.45. The summed E-state index contributed by atoms with van der Waals surface area (Å²) in [5.74, 6) is -0.776. The topological polar surface area (TPSA) is 78.5 Å². The number of amides is 4. The van der Waals surface area contributed by atoms with Crippen molar-refractivity contribution in [2.45, 2.75) is 6.54 Å². The molecule has 2 aromatic rings. The molecule has 116 valence electrons. The molecule has 6 heteroatoms. The maximum atomic E-state index is 12.1. The molecule has 1 aliphatic heterocycles. The molecular weight excluding hydrogens is 294 g/mol. The highest BCUT2D eigenvalue weighted by Gasteiger charge is 2.35. The Kier molecular flexibility index (Phi) is 3.80. The molecule has 0 saturated heterocycles. The zero-order valence-corrected chi connectivity index (χ0v) is 12.5. The van der Waals surface area contributed by atoms with Crippen LogP contribution in [-0.4, -0.2) is 29.8 Å². The molecule has 4 amide bonds. The van der Waals surface area contributed by atoms with Crippen molar-refractivity contribution in [1.29, 1.82) is 0 Å². The standard InChI is InChI=1S/C17H15N3O3/c1-20-15(21)12-8-5-9-13(14(12)16(20)22)19-17(23)18-10-11-6-3-2-4-7-11/h2-9H,10H2,1H3,(H2,18,19,23). The summed E-state index contributed by atoms with van der Waals surface area (Å²) in [6, 6.07) is 13.9. The van der Waals surface area contributed by atoms with E-state index >= 15 is 0 Å². The highest BCUT2D eigenvalue weighted by Crippen LogP contribution is 2.28. The van der Waals surface area contributed by atoms with Gasteiger partial charge >= 0.3 is 6.03 Å². The van der Waals surface area contributed by atoms with E-state index in [-0.39, 0.29) is 11.5 Å². The molecule has 0 aromatic heterocycles. The van der Waals surface area contributed by atoms with Crippen LogP contribution in [0.4, 0.5) is 10.5 Å². The molecular formula is C17H15N3O3. The minimum absolute atomic E-state index is 0.231. The minimum atomic E-state index is -0.433. The van der Waals surface area contributed by atoms with Crippen LogP contribution >= 0.6 is 0 Å². The minimum Gasteiger partial charge on any atom is -0.334 e. The van der Waals surface area contributed by atoms with Gasteiger partial charge in [0.05, 0.1) is 16.8 Å². The predicted molar refractivity (Wildman–Crippen MR) is 85.2 cm³/mol. The van der Waals surface area contributed by atoms with Crippen LogP contribution in [0.15, 0.2) is 48.5 Å². The quantitative estimate of drug-likeness (QED) is 0.853. The summed E-state index contributed by atoms with van der Waals surface area (Å²) >= 11 is 0. The lowest BCUT2D eigenvalue weighted by atomic mass is 10.1. The van der Waals surface area contributed by atoms with E-state index in [9.17, 15) is 14.4 Å². The lowest BCUT2D eigenvalue weighted by molar-refractivity contribution is 0.0693. The summed E-state index contributed by atoms with van der Waals surface area (Å²) in [7, 11) is 1.42. The van der Waals surface area contributed by atoms with Crippen LogP contribution in [0.25, 0.3) is 0 Å². The summed E-state index contributed by atoms with van der Waals surface area (Å²) in [6.45, 7) is 0.370. The van der Waals surface area contributed by atoms with Crippen LogP contribution in [0.5, 0.6) is 0 Å². The number of urea groups is 1. The maximum absolute atomic E-state index is 12.1. The largest absolute Gasteiger partial charge is 0.334 e.